The molecule has 21 heavy (non-hydrogen) atoms. The summed E-state index contributed by atoms with van der Waals surface area (Å²) in [6, 6.07) is 8.42. The highest BCUT2D eigenvalue weighted by Gasteiger charge is 2.10. The van der Waals surface area contributed by atoms with Crippen LogP contribution in [0.25, 0.3) is 10.2 Å². The lowest BCUT2D eigenvalue weighted by Gasteiger charge is -2.12. The standard InChI is InChI=1S/C16H18N4S/c1-4-17-16-19-14(12-7-8-21-15(12)20-16)18-13-6-5-10(2)9-11(13)3/h5-9H,4H2,1-3H3,(H2,17,18,19,20). The Hall–Kier alpha value is -2.14. The number of nitrogens with one attached hydrogen (secondary N) is 2. The van der Waals surface area contributed by atoms with Gasteiger partial charge in [0.25, 0.3) is 0 Å². The monoisotopic (exact) mass is 298 g/mol. The molecule has 0 amide bonds. The van der Waals surface area contributed by atoms with E-state index < -0.39 is 0 Å². The first-order chi connectivity index (χ1) is 10.2. The number of aryl methyl sites for hydroxylation is 2. The van der Waals surface area contributed by atoms with Gasteiger partial charge in [-0.05, 0) is 43.8 Å². The normalized spacial score (nSPS) is 10.8. The molecule has 0 spiro atoms. The van der Waals surface area contributed by atoms with Gasteiger partial charge in [0.05, 0.1) is 5.39 Å². The lowest BCUT2D eigenvalue weighted by molar-refractivity contribution is 1.11. The topological polar surface area (TPSA) is 49.8 Å². The van der Waals surface area contributed by atoms with Gasteiger partial charge in [-0.2, -0.15) is 4.98 Å². The van der Waals surface area contributed by atoms with E-state index in [-0.39, 0.29) is 0 Å². The van der Waals surface area contributed by atoms with Crippen molar-refractivity contribution in [3.8, 4) is 0 Å². The van der Waals surface area contributed by atoms with Crippen LogP contribution in [0.3, 0.4) is 0 Å². The van der Waals surface area contributed by atoms with Crippen molar-refractivity contribution in [1.29, 1.82) is 0 Å². The predicted molar refractivity (Wildman–Crippen MR) is 90.8 cm³/mol. The van der Waals surface area contributed by atoms with Crippen LogP contribution in [0.15, 0.2) is 29.6 Å². The number of hydrogen-bond acceptors (Lipinski definition) is 5. The van der Waals surface area contributed by atoms with Crippen LogP contribution in [0.1, 0.15) is 18.1 Å². The molecule has 1 aromatic carbocycles. The molecule has 108 valence electrons. The fourth-order valence-electron chi connectivity index (χ4n) is 2.27. The molecule has 2 N–H and O–H groups in total. The average Bonchev–Trinajstić information content (AvgIpc) is 2.91. The molecule has 3 rings (SSSR count). The highest BCUT2D eigenvalue weighted by Crippen LogP contribution is 2.29. The SMILES string of the molecule is CCNc1nc(Nc2ccc(C)cc2C)c2ccsc2n1. The summed E-state index contributed by atoms with van der Waals surface area (Å²) in [6.45, 7) is 7.05. The highest BCUT2D eigenvalue weighted by atomic mass is 32.1. The van der Waals surface area contributed by atoms with Crippen LogP contribution < -0.4 is 10.6 Å². The van der Waals surface area contributed by atoms with Crippen molar-refractivity contribution in [2.45, 2.75) is 20.8 Å². The third kappa shape index (κ3) is 2.83. The van der Waals surface area contributed by atoms with Crippen LogP contribution in [-0.2, 0) is 0 Å². The minimum atomic E-state index is 0.666. The van der Waals surface area contributed by atoms with Crippen LogP contribution in [0, 0.1) is 13.8 Å². The van der Waals surface area contributed by atoms with Gasteiger partial charge in [0, 0.05) is 12.2 Å². The Kier molecular flexibility index (Phi) is 3.75. The molecule has 0 fully saturated rings. The Balaban J connectivity index is 2.04. The van der Waals surface area contributed by atoms with E-state index in [0.717, 1.165) is 28.3 Å². The van der Waals surface area contributed by atoms with Crippen LogP contribution in [-0.4, -0.2) is 16.5 Å². The zero-order valence-electron chi connectivity index (χ0n) is 12.4. The van der Waals surface area contributed by atoms with Crippen molar-refractivity contribution in [3.63, 3.8) is 0 Å². The Bertz CT molecular complexity index is 779. The summed E-state index contributed by atoms with van der Waals surface area (Å²) >= 11 is 1.63. The van der Waals surface area contributed by atoms with Crippen LogP contribution in [0.5, 0.6) is 0 Å². The summed E-state index contributed by atoms with van der Waals surface area (Å²) in [5.74, 6) is 1.52. The van der Waals surface area contributed by atoms with Gasteiger partial charge in [-0.15, -0.1) is 11.3 Å². The van der Waals surface area contributed by atoms with Crippen LogP contribution >= 0.6 is 11.3 Å². The van der Waals surface area contributed by atoms with Gasteiger partial charge in [-0.3, -0.25) is 0 Å². The summed E-state index contributed by atoms with van der Waals surface area (Å²) in [5, 5.41) is 9.73. The number of nitrogens with zero attached hydrogens (tertiary/aromatic N) is 2. The van der Waals surface area contributed by atoms with Crippen molar-refractivity contribution >= 4 is 39.0 Å². The number of rotatable bonds is 4. The molecule has 2 aromatic heterocycles. The van der Waals surface area contributed by atoms with E-state index in [1.54, 1.807) is 11.3 Å². The molecule has 3 aromatic rings. The van der Waals surface area contributed by atoms with Crippen molar-refractivity contribution in [2.75, 3.05) is 17.2 Å². The first-order valence-corrected chi connectivity index (χ1v) is 7.88. The van der Waals surface area contributed by atoms with Crippen LogP contribution in [0.4, 0.5) is 17.5 Å². The summed E-state index contributed by atoms with van der Waals surface area (Å²) in [7, 11) is 0. The second-order valence-electron chi connectivity index (χ2n) is 5.01. The summed E-state index contributed by atoms with van der Waals surface area (Å²) < 4.78 is 0. The van der Waals surface area contributed by atoms with Crippen LogP contribution in [0.2, 0.25) is 0 Å². The van der Waals surface area contributed by atoms with Crippen molar-refractivity contribution in [2.24, 2.45) is 0 Å². The second-order valence-corrected chi connectivity index (χ2v) is 5.90. The largest absolute Gasteiger partial charge is 0.354 e. The van der Waals surface area contributed by atoms with Crippen molar-refractivity contribution in [1.82, 2.24) is 9.97 Å². The average molecular weight is 298 g/mol. The number of thiophene rings is 1. The Labute approximate surface area is 128 Å². The molecular weight excluding hydrogens is 280 g/mol. The molecule has 4 nitrogen and oxygen atoms in total. The van der Waals surface area contributed by atoms with Gasteiger partial charge in [0.2, 0.25) is 5.95 Å². The highest BCUT2D eigenvalue weighted by molar-refractivity contribution is 7.16. The predicted octanol–water partition coefficient (Wildman–Crippen LogP) is 4.48. The molecule has 0 aliphatic rings. The van der Waals surface area contributed by atoms with E-state index in [2.05, 4.69) is 58.7 Å². The van der Waals surface area contributed by atoms with Gasteiger partial charge >= 0.3 is 0 Å². The maximum Gasteiger partial charge on any atom is 0.226 e. The van der Waals surface area contributed by atoms with E-state index >= 15 is 0 Å². The third-order valence-corrected chi connectivity index (χ3v) is 4.10. The number of anilines is 3. The van der Waals surface area contributed by atoms with Crippen molar-refractivity contribution < 1.29 is 0 Å². The molecule has 5 heteroatoms. The molecule has 0 atom stereocenters. The Morgan fingerprint density at radius 1 is 1.14 bits per heavy atom. The zero-order valence-corrected chi connectivity index (χ0v) is 13.2. The minimum absolute atomic E-state index is 0.666. The molecule has 0 bridgehead atoms. The summed E-state index contributed by atoms with van der Waals surface area (Å²) in [4.78, 5) is 10.1. The molecule has 0 unspecified atom stereocenters. The molecule has 0 aliphatic carbocycles. The molecule has 0 aliphatic heterocycles. The first-order valence-electron chi connectivity index (χ1n) is 7.00. The van der Waals surface area contributed by atoms with Gasteiger partial charge < -0.3 is 10.6 Å². The van der Waals surface area contributed by atoms with Gasteiger partial charge in [-0.25, -0.2) is 4.98 Å². The summed E-state index contributed by atoms with van der Waals surface area (Å²) in [5.41, 5.74) is 3.55. The van der Waals surface area contributed by atoms with E-state index in [9.17, 15) is 0 Å². The fourth-order valence-corrected chi connectivity index (χ4v) is 3.03. The lowest BCUT2D eigenvalue weighted by atomic mass is 10.1. The quantitative estimate of drug-likeness (QED) is 0.745. The zero-order chi connectivity index (χ0) is 14.8. The number of hydrogen-bond donors (Lipinski definition) is 2. The molecule has 0 saturated carbocycles. The first kappa shape index (κ1) is 13.8. The third-order valence-electron chi connectivity index (χ3n) is 3.29. The molecule has 0 radical (unpaired) electrons. The Morgan fingerprint density at radius 2 is 2.00 bits per heavy atom. The van der Waals surface area contributed by atoms with E-state index in [1.165, 1.54) is 11.1 Å². The van der Waals surface area contributed by atoms with E-state index in [4.69, 9.17) is 0 Å². The summed E-state index contributed by atoms with van der Waals surface area (Å²) in [6.07, 6.45) is 0. The smallest absolute Gasteiger partial charge is 0.226 e. The Morgan fingerprint density at radius 3 is 2.76 bits per heavy atom. The number of benzene rings is 1. The maximum atomic E-state index is 4.60. The number of aromatic nitrogens is 2. The molecular formula is C16H18N4S. The minimum Gasteiger partial charge on any atom is -0.354 e. The van der Waals surface area contributed by atoms with E-state index in [0.29, 0.717) is 5.95 Å². The van der Waals surface area contributed by atoms with Gasteiger partial charge in [0.1, 0.15) is 10.6 Å². The van der Waals surface area contributed by atoms with Gasteiger partial charge in [0.15, 0.2) is 0 Å². The maximum absolute atomic E-state index is 4.60. The van der Waals surface area contributed by atoms with Gasteiger partial charge in [-0.1, -0.05) is 17.7 Å². The van der Waals surface area contributed by atoms with Crippen molar-refractivity contribution in [3.05, 3.63) is 40.8 Å². The molecule has 2 heterocycles. The fraction of sp³-hybridized carbons (Fsp3) is 0.250. The lowest BCUT2D eigenvalue weighted by Crippen LogP contribution is -2.04. The number of fused-ring (bicyclic) bond motifs is 1. The van der Waals surface area contributed by atoms with E-state index in [1.807, 2.05) is 12.3 Å². The molecule has 0 saturated heterocycles. The second kappa shape index (κ2) is 5.69.